The fourth-order valence-corrected chi connectivity index (χ4v) is 3.37. The lowest BCUT2D eigenvalue weighted by atomic mass is 10.0. The van der Waals surface area contributed by atoms with Crippen molar-refractivity contribution in [1.29, 1.82) is 0 Å². The second kappa shape index (κ2) is 8.74. The molecule has 5 N–H and O–H groups in total. The highest BCUT2D eigenvalue weighted by Crippen LogP contribution is 2.28. The molecule has 10 heteroatoms. The molecule has 26 heavy (non-hydrogen) atoms. The molecule has 3 saturated heterocycles. The van der Waals surface area contributed by atoms with Crippen LogP contribution in [0.15, 0.2) is 0 Å². The summed E-state index contributed by atoms with van der Waals surface area (Å²) >= 11 is 0. The van der Waals surface area contributed by atoms with Crippen LogP contribution >= 0.6 is 0 Å². The Morgan fingerprint density at radius 2 is 1.62 bits per heavy atom. The fraction of sp³-hybridized carbons (Fsp3) is 1.00. The van der Waals surface area contributed by atoms with E-state index in [4.69, 9.17) is 28.8 Å². The Morgan fingerprint density at radius 3 is 2.31 bits per heavy atom. The van der Waals surface area contributed by atoms with Crippen LogP contribution in [0.3, 0.4) is 0 Å². The van der Waals surface area contributed by atoms with E-state index in [1.54, 1.807) is 6.92 Å². The number of hydrogen-bond acceptors (Lipinski definition) is 10. The van der Waals surface area contributed by atoms with Gasteiger partial charge in [-0.05, 0) is 6.92 Å². The summed E-state index contributed by atoms with van der Waals surface area (Å²) < 4.78 is 27.6. The maximum Gasteiger partial charge on any atom is 0.184 e. The van der Waals surface area contributed by atoms with Crippen molar-refractivity contribution in [3.63, 3.8) is 0 Å². The lowest BCUT2D eigenvalue weighted by molar-refractivity contribution is -0.298. The van der Waals surface area contributed by atoms with Crippen molar-refractivity contribution in [2.24, 2.45) is 5.92 Å². The van der Waals surface area contributed by atoms with E-state index in [0.717, 1.165) is 0 Å². The number of ether oxygens (including phenoxy) is 5. The van der Waals surface area contributed by atoms with Crippen LogP contribution in [0.2, 0.25) is 0 Å². The highest BCUT2D eigenvalue weighted by molar-refractivity contribution is 4.88. The first-order chi connectivity index (χ1) is 12.4. The van der Waals surface area contributed by atoms with Crippen molar-refractivity contribution in [1.82, 2.24) is 0 Å². The minimum Gasteiger partial charge on any atom is -0.396 e. The first-order valence-electron chi connectivity index (χ1n) is 8.89. The summed E-state index contributed by atoms with van der Waals surface area (Å²) in [6.45, 7) is 1.65. The third-order valence-corrected chi connectivity index (χ3v) is 5.12. The molecule has 3 aliphatic rings. The Kier molecular flexibility index (Phi) is 6.83. The van der Waals surface area contributed by atoms with E-state index in [-0.39, 0.29) is 32.8 Å². The van der Waals surface area contributed by atoms with Crippen LogP contribution in [0.5, 0.6) is 0 Å². The summed E-state index contributed by atoms with van der Waals surface area (Å²) in [5.74, 6) is -0.430. The molecule has 0 bridgehead atoms. The molecule has 0 aromatic rings. The highest BCUT2D eigenvalue weighted by atomic mass is 16.7. The second-order valence-electron chi connectivity index (χ2n) is 7.07. The first-order valence-corrected chi connectivity index (χ1v) is 8.89. The van der Waals surface area contributed by atoms with Crippen LogP contribution in [0.4, 0.5) is 0 Å². The summed E-state index contributed by atoms with van der Waals surface area (Å²) in [6.07, 6.45) is -7.61. The van der Waals surface area contributed by atoms with Gasteiger partial charge >= 0.3 is 0 Å². The van der Waals surface area contributed by atoms with Crippen molar-refractivity contribution < 1.29 is 49.2 Å². The molecule has 3 fully saturated rings. The second-order valence-corrected chi connectivity index (χ2v) is 7.07. The van der Waals surface area contributed by atoms with Gasteiger partial charge in [0.1, 0.15) is 30.5 Å². The van der Waals surface area contributed by atoms with Crippen LogP contribution in [-0.2, 0) is 23.7 Å². The fourth-order valence-electron chi connectivity index (χ4n) is 3.37. The number of rotatable bonds is 5. The highest BCUT2D eigenvalue weighted by Gasteiger charge is 2.43. The van der Waals surface area contributed by atoms with Crippen molar-refractivity contribution >= 4 is 0 Å². The zero-order valence-electron chi connectivity index (χ0n) is 14.6. The van der Waals surface area contributed by atoms with Gasteiger partial charge in [0.05, 0.1) is 38.6 Å². The molecule has 3 aliphatic heterocycles. The van der Waals surface area contributed by atoms with Gasteiger partial charge in [0.25, 0.3) is 0 Å². The lowest BCUT2D eigenvalue weighted by Crippen LogP contribution is -2.56. The first kappa shape index (κ1) is 20.3. The Labute approximate surface area is 151 Å². The van der Waals surface area contributed by atoms with Crippen molar-refractivity contribution in [3.8, 4) is 0 Å². The van der Waals surface area contributed by atoms with E-state index in [1.165, 1.54) is 0 Å². The molecule has 0 unspecified atom stereocenters. The standard InChI is InChI=1S/C16H28O10/c1-7-15(14(21)10(19)6-22-7)26-12-2-11(9(18)5-23-12)25-16-13(20)8(3-17)4-24-16/h7-21H,2-6H2,1H3/t7-,8-,9+,10-,11+,12-,13+,14-,15-,16-/m0/s1. The topological polar surface area (TPSA) is 147 Å². The van der Waals surface area contributed by atoms with Crippen LogP contribution in [0.1, 0.15) is 13.3 Å². The average molecular weight is 380 g/mol. The van der Waals surface area contributed by atoms with E-state index in [2.05, 4.69) is 0 Å². The van der Waals surface area contributed by atoms with E-state index in [1.807, 2.05) is 0 Å². The molecular formula is C16H28O10. The SMILES string of the molecule is C[C@@H]1OC[C@H](O)[C@H](O)[C@H]1O[C@H]1C[C@@H](O[C@@H]2OC[C@H](CO)[C@H]2O)[C@H](O)CO1. The Morgan fingerprint density at radius 1 is 0.885 bits per heavy atom. The van der Waals surface area contributed by atoms with Crippen LogP contribution in [0.25, 0.3) is 0 Å². The van der Waals surface area contributed by atoms with Gasteiger partial charge in [-0.15, -0.1) is 0 Å². The predicted octanol–water partition coefficient (Wildman–Crippen LogP) is -2.67. The molecule has 0 amide bonds. The normalized spacial score (nSPS) is 50.1. The minimum absolute atomic E-state index is 0.0289. The average Bonchev–Trinajstić information content (AvgIpc) is 2.98. The molecule has 152 valence electrons. The molecule has 0 aliphatic carbocycles. The van der Waals surface area contributed by atoms with Gasteiger partial charge in [-0.25, -0.2) is 0 Å². The molecule has 0 aromatic heterocycles. The largest absolute Gasteiger partial charge is 0.396 e. The van der Waals surface area contributed by atoms with Gasteiger partial charge in [0.2, 0.25) is 0 Å². The van der Waals surface area contributed by atoms with Gasteiger partial charge in [0, 0.05) is 12.3 Å². The summed E-state index contributed by atoms with van der Waals surface area (Å²) in [7, 11) is 0. The number of aliphatic hydroxyl groups excluding tert-OH is 5. The zero-order valence-corrected chi connectivity index (χ0v) is 14.6. The van der Waals surface area contributed by atoms with E-state index < -0.39 is 61.2 Å². The summed E-state index contributed by atoms with van der Waals surface area (Å²) in [5.41, 5.74) is 0. The monoisotopic (exact) mass is 380 g/mol. The van der Waals surface area contributed by atoms with Gasteiger partial charge in [-0.3, -0.25) is 0 Å². The van der Waals surface area contributed by atoms with Crippen molar-refractivity contribution in [2.75, 3.05) is 26.4 Å². The third-order valence-electron chi connectivity index (χ3n) is 5.12. The Balaban J connectivity index is 1.56. The lowest BCUT2D eigenvalue weighted by Gasteiger charge is -2.41. The van der Waals surface area contributed by atoms with Crippen LogP contribution in [-0.4, -0.2) is 107 Å². The van der Waals surface area contributed by atoms with E-state index in [9.17, 15) is 20.4 Å². The molecular weight excluding hydrogens is 352 g/mol. The molecule has 10 nitrogen and oxygen atoms in total. The molecule has 10 atom stereocenters. The third kappa shape index (κ3) is 4.36. The smallest absolute Gasteiger partial charge is 0.184 e. The molecule has 0 spiro atoms. The van der Waals surface area contributed by atoms with Crippen molar-refractivity contribution in [3.05, 3.63) is 0 Å². The Bertz CT molecular complexity index is 451. The number of aliphatic hydroxyl groups is 5. The van der Waals surface area contributed by atoms with E-state index in [0.29, 0.717) is 0 Å². The molecule has 0 saturated carbocycles. The Hall–Kier alpha value is -0.400. The van der Waals surface area contributed by atoms with Crippen molar-refractivity contribution in [2.45, 2.75) is 68.7 Å². The maximum absolute atomic E-state index is 10.1. The predicted molar refractivity (Wildman–Crippen MR) is 83.9 cm³/mol. The summed E-state index contributed by atoms with van der Waals surface area (Å²) in [4.78, 5) is 0. The van der Waals surface area contributed by atoms with Crippen LogP contribution in [0, 0.1) is 5.92 Å². The molecule has 0 radical (unpaired) electrons. The van der Waals surface area contributed by atoms with Gasteiger partial charge in [-0.1, -0.05) is 0 Å². The maximum atomic E-state index is 10.1. The minimum atomic E-state index is -1.11. The van der Waals surface area contributed by atoms with E-state index >= 15 is 0 Å². The summed E-state index contributed by atoms with van der Waals surface area (Å²) in [6, 6.07) is 0. The van der Waals surface area contributed by atoms with Crippen LogP contribution < -0.4 is 0 Å². The molecule has 0 aromatic carbocycles. The zero-order chi connectivity index (χ0) is 18.8. The molecule has 3 rings (SSSR count). The number of hydrogen-bond donors (Lipinski definition) is 5. The molecule has 3 heterocycles. The van der Waals surface area contributed by atoms with Gasteiger partial charge < -0.3 is 49.2 Å². The summed E-state index contributed by atoms with van der Waals surface area (Å²) in [5, 5.41) is 49.2. The van der Waals surface area contributed by atoms with Gasteiger partial charge in [0.15, 0.2) is 12.6 Å². The quantitative estimate of drug-likeness (QED) is 0.342. The van der Waals surface area contributed by atoms with Gasteiger partial charge in [-0.2, -0.15) is 0 Å².